The maximum absolute atomic E-state index is 12.8. The molecule has 1 heterocycles. The zero-order valence-electron chi connectivity index (χ0n) is 14.7. The molecule has 0 bridgehead atoms. The van der Waals surface area contributed by atoms with E-state index in [0.29, 0.717) is 17.1 Å². The molecule has 2 aromatic carbocycles. The number of hydrogen-bond donors (Lipinski definition) is 2. The molecule has 7 nitrogen and oxygen atoms in total. The summed E-state index contributed by atoms with van der Waals surface area (Å²) in [5, 5.41) is 2.62. The van der Waals surface area contributed by atoms with Gasteiger partial charge in [0.1, 0.15) is 5.75 Å². The number of carbonyl (C=O) groups is 3. The SMILES string of the molecule is Cc1ccc2c(c1)N(C)C(=O)C(C)(C(=O)Nc1cccc(C(N)=O)c1)O2. The Bertz CT molecular complexity index is 925. The van der Waals surface area contributed by atoms with Gasteiger partial charge in [0.15, 0.2) is 0 Å². The number of nitrogens with two attached hydrogens (primary N) is 1. The zero-order chi connectivity index (χ0) is 19.1. The minimum Gasteiger partial charge on any atom is -0.465 e. The van der Waals surface area contributed by atoms with E-state index in [-0.39, 0.29) is 5.56 Å². The van der Waals surface area contributed by atoms with E-state index in [1.165, 1.54) is 24.0 Å². The number of benzene rings is 2. The largest absolute Gasteiger partial charge is 0.465 e. The van der Waals surface area contributed by atoms with Crippen LogP contribution in [0.1, 0.15) is 22.8 Å². The summed E-state index contributed by atoms with van der Waals surface area (Å²) in [6.07, 6.45) is 0. The Morgan fingerprint density at radius 2 is 1.92 bits per heavy atom. The number of aryl methyl sites for hydroxylation is 1. The van der Waals surface area contributed by atoms with Crippen molar-refractivity contribution in [3.8, 4) is 5.75 Å². The third-order valence-corrected chi connectivity index (χ3v) is 4.34. The number of rotatable bonds is 3. The van der Waals surface area contributed by atoms with Gasteiger partial charge < -0.3 is 20.7 Å². The van der Waals surface area contributed by atoms with Gasteiger partial charge in [0, 0.05) is 18.3 Å². The van der Waals surface area contributed by atoms with Gasteiger partial charge in [-0.2, -0.15) is 0 Å². The molecule has 0 radical (unpaired) electrons. The van der Waals surface area contributed by atoms with Gasteiger partial charge >= 0.3 is 0 Å². The molecule has 0 aliphatic carbocycles. The van der Waals surface area contributed by atoms with Crippen LogP contribution in [0.5, 0.6) is 5.75 Å². The molecule has 1 aliphatic rings. The molecular formula is C19H19N3O4. The lowest BCUT2D eigenvalue weighted by Crippen LogP contribution is -2.59. The molecule has 1 unspecified atom stereocenters. The molecule has 0 saturated carbocycles. The Labute approximate surface area is 150 Å². The van der Waals surface area contributed by atoms with Crippen molar-refractivity contribution in [1.29, 1.82) is 0 Å². The quantitative estimate of drug-likeness (QED) is 0.822. The molecule has 0 saturated heterocycles. The molecule has 0 spiro atoms. The molecule has 3 N–H and O–H groups in total. The normalized spacial score (nSPS) is 18.7. The van der Waals surface area contributed by atoms with Gasteiger partial charge in [0.2, 0.25) is 5.91 Å². The average molecular weight is 353 g/mol. The average Bonchev–Trinajstić information content (AvgIpc) is 2.61. The molecule has 134 valence electrons. The number of ether oxygens (including phenoxy) is 1. The third kappa shape index (κ3) is 2.88. The van der Waals surface area contributed by atoms with Crippen molar-refractivity contribution >= 4 is 29.1 Å². The van der Waals surface area contributed by atoms with Crippen LogP contribution in [0.25, 0.3) is 0 Å². The summed E-state index contributed by atoms with van der Waals surface area (Å²) >= 11 is 0. The molecule has 0 aromatic heterocycles. The van der Waals surface area contributed by atoms with Crippen LogP contribution < -0.4 is 20.7 Å². The summed E-state index contributed by atoms with van der Waals surface area (Å²) in [5.74, 6) is -1.29. The summed E-state index contributed by atoms with van der Waals surface area (Å²) < 4.78 is 5.77. The minimum absolute atomic E-state index is 0.252. The summed E-state index contributed by atoms with van der Waals surface area (Å²) in [5.41, 5.74) is 5.70. The van der Waals surface area contributed by atoms with E-state index in [1.807, 2.05) is 19.1 Å². The Hall–Kier alpha value is -3.35. The van der Waals surface area contributed by atoms with Gasteiger partial charge in [-0.3, -0.25) is 14.4 Å². The Morgan fingerprint density at radius 3 is 2.62 bits per heavy atom. The number of carbonyl (C=O) groups excluding carboxylic acids is 3. The lowest BCUT2D eigenvalue weighted by atomic mass is 9.99. The van der Waals surface area contributed by atoms with Crippen LogP contribution in [0.4, 0.5) is 11.4 Å². The highest BCUT2D eigenvalue weighted by Crippen LogP contribution is 2.38. The van der Waals surface area contributed by atoms with Crippen molar-refractivity contribution in [1.82, 2.24) is 0 Å². The summed E-state index contributed by atoms with van der Waals surface area (Å²) in [7, 11) is 1.60. The topological polar surface area (TPSA) is 102 Å². The Balaban J connectivity index is 1.91. The molecule has 7 heteroatoms. The van der Waals surface area contributed by atoms with E-state index < -0.39 is 23.3 Å². The molecule has 0 fully saturated rings. The van der Waals surface area contributed by atoms with E-state index in [9.17, 15) is 14.4 Å². The first-order valence-electron chi connectivity index (χ1n) is 8.01. The maximum Gasteiger partial charge on any atom is 0.280 e. The predicted molar refractivity (Wildman–Crippen MR) is 97.2 cm³/mol. The Morgan fingerprint density at radius 1 is 1.19 bits per heavy atom. The van der Waals surface area contributed by atoms with Gasteiger partial charge in [-0.15, -0.1) is 0 Å². The highest BCUT2D eigenvalue weighted by atomic mass is 16.5. The smallest absolute Gasteiger partial charge is 0.280 e. The van der Waals surface area contributed by atoms with Gasteiger partial charge in [-0.25, -0.2) is 0 Å². The molecule has 3 amide bonds. The Kier molecular flexibility index (Phi) is 4.15. The van der Waals surface area contributed by atoms with Crippen LogP contribution in [-0.2, 0) is 9.59 Å². The fraction of sp³-hybridized carbons (Fsp3) is 0.211. The van der Waals surface area contributed by atoms with Crippen molar-refractivity contribution in [2.75, 3.05) is 17.3 Å². The second-order valence-corrected chi connectivity index (χ2v) is 6.37. The standard InChI is InChI=1S/C19H19N3O4/c1-11-7-8-15-14(9-11)22(3)18(25)19(2,26-15)17(24)21-13-6-4-5-12(10-13)16(20)23/h4-10H,1-3H3,(H2,20,23)(H,21,24). The fourth-order valence-corrected chi connectivity index (χ4v) is 2.81. The lowest BCUT2D eigenvalue weighted by molar-refractivity contribution is -0.144. The molecule has 1 atom stereocenters. The summed E-state index contributed by atoms with van der Waals surface area (Å²) in [6.45, 7) is 3.33. The van der Waals surface area contributed by atoms with Crippen LogP contribution in [0, 0.1) is 6.92 Å². The molecule has 26 heavy (non-hydrogen) atoms. The molecule has 1 aliphatic heterocycles. The minimum atomic E-state index is -1.74. The van der Waals surface area contributed by atoms with E-state index in [4.69, 9.17) is 10.5 Å². The zero-order valence-corrected chi connectivity index (χ0v) is 14.7. The monoisotopic (exact) mass is 353 g/mol. The second kappa shape index (κ2) is 6.18. The number of likely N-dealkylation sites (N-methyl/N-ethyl adjacent to an activating group) is 1. The van der Waals surface area contributed by atoms with Crippen LogP contribution >= 0.6 is 0 Å². The molecule has 3 rings (SSSR count). The van der Waals surface area contributed by atoms with E-state index in [2.05, 4.69) is 5.32 Å². The number of hydrogen-bond acceptors (Lipinski definition) is 4. The van der Waals surface area contributed by atoms with E-state index >= 15 is 0 Å². The number of amides is 3. The highest BCUT2D eigenvalue weighted by Gasteiger charge is 2.49. The molecular weight excluding hydrogens is 334 g/mol. The fourth-order valence-electron chi connectivity index (χ4n) is 2.81. The highest BCUT2D eigenvalue weighted by molar-refractivity contribution is 6.19. The summed E-state index contributed by atoms with van der Waals surface area (Å²) in [4.78, 5) is 38.3. The summed E-state index contributed by atoms with van der Waals surface area (Å²) in [6, 6.07) is 11.6. The number of anilines is 2. The number of primary amides is 1. The van der Waals surface area contributed by atoms with Gasteiger partial charge in [-0.1, -0.05) is 12.1 Å². The first-order chi connectivity index (χ1) is 12.2. The van der Waals surface area contributed by atoms with E-state index in [1.54, 1.807) is 25.2 Å². The van der Waals surface area contributed by atoms with E-state index in [0.717, 1.165) is 5.56 Å². The van der Waals surface area contributed by atoms with Crippen molar-refractivity contribution in [3.05, 3.63) is 53.6 Å². The van der Waals surface area contributed by atoms with Gasteiger partial charge in [0.25, 0.3) is 17.4 Å². The van der Waals surface area contributed by atoms with Crippen LogP contribution in [0.3, 0.4) is 0 Å². The number of nitrogens with one attached hydrogen (secondary N) is 1. The van der Waals surface area contributed by atoms with Gasteiger partial charge in [-0.05, 0) is 49.7 Å². The lowest BCUT2D eigenvalue weighted by Gasteiger charge is -2.38. The first kappa shape index (κ1) is 17.5. The molecule has 2 aromatic rings. The van der Waals surface area contributed by atoms with Crippen molar-refractivity contribution < 1.29 is 19.1 Å². The van der Waals surface area contributed by atoms with Crippen LogP contribution in [-0.4, -0.2) is 30.4 Å². The van der Waals surface area contributed by atoms with Crippen molar-refractivity contribution in [2.24, 2.45) is 5.73 Å². The number of fused-ring (bicyclic) bond motifs is 1. The maximum atomic E-state index is 12.8. The first-order valence-corrected chi connectivity index (χ1v) is 8.01. The third-order valence-electron chi connectivity index (χ3n) is 4.34. The van der Waals surface area contributed by atoms with Gasteiger partial charge in [0.05, 0.1) is 5.69 Å². The number of nitrogens with zero attached hydrogens (tertiary/aromatic N) is 1. The van der Waals surface area contributed by atoms with Crippen molar-refractivity contribution in [2.45, 2.75) is 19.4 Å². The van der Waals surface area contributed by atoms with Crippen molar-refractivity contribution in [3.63, 3.8) is 0 Å². The van der Waals surface area contributed by atoms with Crippen LogP contribution in [0.15, 0.2) is 42.5 Å². The predicted octanol–water partition coefficient (Wildman–Crippen LogP) is 1.85. The second-order valence-electron chi connectivity index (χ2n) is 6.37. The van der Waals surface area contributed by atoms with Crippen LogP contribution in [0.2, 0.25) is 0 Å².